The highest BCUT2D eigenvalue weighted by atomic mass is 32.2. The summed E-state index contributed by atoms with van der Waals surface area (Å²) in [6.45, 7) is 2.08. The molecule has 1 aliphatic rings. The molecule has 2 aromatic carbocycles. The third kappa shape index (κ3) is 3.44. The summed E-state index contributed by atoms with van der Waals surface area (Å²) in [5.41, 5.74) is 2.42. The number of pyridine rings is 1. The SMILES string of the molecule is O=S(=O)(c1ccc2nc(-c3ccccc3)[nH]c2c1)N1CCN(c2ccccn2)CC1. The summed E-state index contributed by atoms with van der Waals surface area (Å²) < 4.78 is 28.0. The molecule has 0 radical (unpaired) electrons. The predicted octanol–water partition coefficient (Wildman–Crippen LogP) is 3.14. The summed E-state index contributed by atoms with van der Waals surface area (Å²) in [4.78, 5) is 14.6. The van der Waals surface area contributed by atoms with Crippen LogP contribution in [0.3, 0.4) is 0 Å². The van der Waals surface area contributed by atoms with Crippen LogP contribution in [0.15, 0.2) is 77.8 Å². The molecule has 0 atom stereocenters. The summed E-state index contributed by atoms with van der Waals surface area (Å²) in [6.07, 6.45) is 1.75. The van der Waals surface area contributed by atoms with Gasteiger partial charge in [0.1, 0.15) is 11.6 Å². The molecule has 1 N–H and O–H groups in total. The van der Waals surface area contributed by atoms with E-state index in [2.05, 4.69) is 19.9 Å². The van der Waals surface area contributed by atoms with Crippen molar-refractivity contribution in [2.24, 2.45) is 0 Å². The maximum Gasteiger partial charge on any atom is 0.243 e. The number of nitrogens with zero attached hydrogens (tertiary/aromatic N) is 4. The Labute approximate surface area is 175 Å². The molecular formula is C22H21N5O2S. The van der Waals surface area contributed by atoms with Gasteiger partial charge in [-0.15, -0.1) is 0 Å². The van der Waals surface area contributed by atoms with Crippen LogP contribution in [0.4, 0.5) is 5.82 Å². The minimum absolute atomic E-state index is 0.282. The van der Waals surface area contributed by atoms with Gasteiger partial charge < -0.3 is 9.88 Å². The van der Waals surface area contributed by atoms with Gasteiger partial charge in [0.2, 0.25) is 10.0 Å². The number of anilines is 1. The van der Waals surface area contributed by atoms with Gasteiger partial charge in [0.15, 0.2) is 0 Å². The fourth-order valence-electron chi connectivity index (χ4n) is 3.73. The minimum atomic E-state index is -3.58. The molecule has 3 heterocycles. The second-order valence-corrected chi connectivity index (χ2v) is 9.15. The summed E-state index contributed by atoms with van der Waals surface area (Å²) in [6, 6.07) is 20.6. The van der Waals surface area contributed by atoms with Crippen LogP contribution in [-0.4, -0.2) is 53.9 Å². The van der Waals surface area contributed by atoms with E-state index < -0.39 is 10.0 Å². The maximum atomic E-state index is 13.2. The number of H-pyrrole nitrogens is 1. The Morgan fingerprint density at radius 1 is 0.867 bits per heavy atom. The van der Waals surface area contributed by atoms with Crippen molar-refractivity contribution in [1.82, 2.24) is 19.3 Å². The Morgan fingerprint density at radius 3 is 2.37 bits per heavy atom. The van der Waals surface area contributed by atoms with E-state index in [4.69, 9.17) is 0 Å². The number of piperazine rings is 1. The number of imidazole rings is 1. The Balaban J connectivity index is 1.38. The zero-order valence-electron chi connectivity index (χ0n) is 16.3. The maximum absolute atomic E-state index is 13.2. The first-order chi connectivity index (χ1) is 14.6. The standard InChI is InChI=1S/C22H21N5O2S/c28-30(29,27-14-12-26(13-15-27)21-8-4-5-11-23-21)18-9-10-19-20(16-18)25-22(24-19)17-6-2-1-3-7-17/h1-11,16H,12-15H2,(H,24,25). The van der Waals surface area contributed by atoms with Gasteiger partial charge in [0.05, 0.1) is 15.9 Å². The van der Waals surface area contributed by atoms with E-state index in [-0.39, 0.29) is 4.90 Å². The lowest BCUT2D eigenvalue weighted by molar-refractivity contribution is 0.384. The van der Waals surface area contributed by atoms with Gasteiger partial charge in [0.25, 0.3) is 0 Å². The molecule has 8 heteroatoms. The lowest BCUT2D eigenvalue weighted by Gasteiger charge is -2.34. The van der Waals surface area contributed by atoms with Crippen molar-refractivity contribution in [3.63, 3.8) is 0 Å². The smallest absolute Gasteiger partial charge is 0.243 e. The molecule has 0 spiro atoms. The van der Waals surface area contributed by atoms with Crippen LogP contribution < -0.4 is 4.90 Å². The monoisotopic (exact) mass is 419 g/mol. The molecule has 1 fully saturated rings. The topological polar surface area (TPSA) is 82.2 Å². The highest BCUT2D eigenvalue weighted by Gasteiger charge is 2.29. The molecule has 0 saturated carbocycles. The van der Waals surface area contributed by atoms with Crippen LogP contribution >= 0.6 is 0 Å². The zero-order chi connectivity index (χ0) is 20.6. The molecule has 0 bridgehead atoms. The minimum Gasteiger partial charge on any atom is -0.354 e. The molecule has 2 aromatic heterocycles. The van der Waals surface area contributed by atoms with Crippen LogP contribution in [0, 0.1) is 0 Å². The number of aromatic nitrogens is 3. The quantitative estimate of drug-likeness (QED) is 0.550. The molecule has 7 nitrogen and oxygen atoms in total. The van der Waals surface area contributed by atoms with Crippen molar-refractivity contribution in [1.29, 1.82) is 0 Å². The lowest BCUT2D eigenvalue weighted by atomic mass is 10.2. The number of hydrogen-bond acceptors (Lipinski definition) is 5. The number of hydrogen-bond donors (Lipinski definition) is 1. The molecule has 0 aliphatic carbocycles. The fraction of sp³-hybridized carbons (Fsp3) is 0.182. The van der Waals surface area contributed by atoms with E-state index in [9.17, 15) is 8.42 Å². The van der Waals surface area contributed by atoms with Gasteiger partial charge in [-0.25, -0.2) is 18.4 Å². The zero-order valence-corrected chi connectivity index (χ0v) is 17.1. The summed E-state index contributed by atoms with van der Waals surface area (Å²) in [7, 11) is -3.58. The number of fused-ring (bicyclic) bond motifs is 1. The average Bonchev–Trinajstić information content (AvgIpc) is 3.24. The van der Waals surface area contributed by atoms with E-state index in [0.29, 0.717) is 31.7 Å². The summed E-state index contributed by atoms with van der Waals surface area (Å²) in [5, 5.41) is 0. The number of benzene rings is 2. The molecule has 5 rings (SSSR count). The number of aromatic amines is 1. The van der Waals surface area contributed by atoms with Crippen LogP contribution in [-0.2, 0) is 10.0 Å². The number of nitrogens with one attached hydrogen (secondary N) is 1. The highest BCUT2D eigenvalue weighted by molar-refractivity contribution is 7.89. The molecule has 1 aliphatic heterocycles. The second-order valence-electron chi connectivity index (χ2n) is 7.21. The molecule has 0 unspecified atom stereocenters. The predicted molar refractivity (Wildman–Crippen MR) is 117 cm³/mol. The van der Waals surface area contributed by atoms with Gasteiger partial charge in [-0.05, 0) is 30.3 Å². The lowest BCUT2D eigenvalue weighted by Crippen LogP contribution is -2.48. The third-order valence-corrected chi connectivity index (χ3v) is 7.24. The summed E-state index contributed by atoms with van der Waals surface area (Å²) >= 11 is 0. The van der Waals surface area contributed by atoms with Gasteiger partial charge in [-0.2, -0.15) is 4.31 Å². The largest absolute Gasteiger partial charge is 0.354 e. The van der Waals surface area contributed by atoms with Crippen molar-refractivity contribution >= 4 is 26.9 Å². The van der Waals surface area contributed by atoms with Crippen molar-refractivity contribution in [3.05, 3.63) is 72.9 Å². The third-order valence-electron chi connectivity index (χ3n) is 5.35. The molecule has 0 amide bonds. The van der Waals surface area contributed by atoms with E-state index in [1.165, 1.54) is 0 Å². The first-order valence-corrected chi connectivity index (χ1v) is 11.3. The van der Waals surface area contributed by atoms with Crippen molar-refractivity contribution in [2.75, 3.05) is 31.1 Å². The molecule has 4 aromatic rings. The van der Waals surface area contributed by atoms with E-state index in [1.807, 2.05) is 48.5 Å². The van der Waals surface area contributed by atoms with Crippen molar-refractivity contribution in [2.45, 2.75) is 4.90 Å². The van der Waals surface area contributed by atoms with Crippen molar-refractivity contribution < 1.29 is 8.42 Å². The average molecular weight is 420 g/mol. The van der Waals surface area contributed by atoms with Gasteiger partial charge in [-0.3, -0.25) is 0 Å². The second kappa shape index (κ2) is 7.55. The van der Waals surface area contributed by atoms with Crippen LogP contribution in [0.25, 0.3) is 22.4 Å². The molecule has 152 valence electrons. The van der Waals surface area contributed by atoms with Crippen LogP contribution in [0.2, 0.25) is 0 Å². The Hall–Kier alpha value is -3.23. The normalized spacial score (nSPS) is 15.5. The number of rotatable bonds is 4. The highest BCUT2D eigenvalue weighted by Crippen LogP contribution is 2.25. The van der Waals surface area contributed by atoms with Gasteiger partial charge in [-0.1, -0.05) is 36.4 Å². The van der Waals surface area contributed by atoms with Crippen LogP contribution in [0.1, 0.15) is 0 Å². The Kier molecular flexibility index (Phi) is 4.72. The Morgan fingerprint density at radius 2 is 1.63 bits per heavy atom. The molecular weight excluding hydrogens is 398 g/mol. The fourth-order valence-corrected chi connectivity index (χ4v) is 5.18. The van der Waals surface area contributed by atoms with Gasteiger partial charge in [0, 0.05) is 37.9 Å². The Bertz CT molecular complexity index is 1260. The van der Waals surface area contributed by atoms with E-state index in [1.54, 1.807) is 28.7 Å². The first kappa shape index (κ1) is 18.8. The molecule has 1 saturated heterocycles. The van der Waals surface area contributed by atoms with Gasteiger partial charge >= 0.3 is 0 Å². The van der Waals surface area contributed by atoms with Crippen LogP contribution in [0.5, 0.6) is 0 Å². The van der Waals surface area contributed by atoms with E-state index in [0.717, 1.165) is 22.7 Å². The van der Waals surface area contributed by atoms with E-state index >= 15 is 0 Å². The summed E-state index contributed by atoms with van der Waals surface area (Å²) in [5.74, 6) is 1.60. The molecule has 30 heavy (non-hydrogen) atoms. The van der Waals surface area contributed by atoms with Crippen molar-refractivity contribution in [3.8, 4) is 11.4 Å². The first-order valence-electron chi connectivity index (χ1n) is 9.82. The number of sulfonamides is 1.